The number of likely N-dealkylation sites (tertiary alicyclic amines) is 1. The van der Waals surface area contributed by atoms with Gasteiger partial charge in [-0.15, -0.1) is 0 Å². The van der Waals surface area contributed by atoms with E-state index < -0.39 is 11.3 Å². The van der Waals surface area contributed by atoms with Gasteiger partial charge in [-0.25, -0.2) is 8.78 Å². The smallest absolute Gasteiger partial charge is 0.260 e. The van der Waals surface area contributed by atoms with E-state index in [2.05, 4.69) is 6.07 Å². The number of halogens is 2. The molecule has 0 aromatic rings. The Morgan fingerprint density at radius 1 is 1.40 bits per heavy atom. The van der Waals surface area contributed by atoms with E-state index in [1.165, 1.54) is 0 Å². The molecule has 5 heteroatoms. The van der Waals surface area contributed by atoms with Crippen LogP contribution >= 0.6 is 0 Å². The quantitative estimate of drug-likeness (QED) is 0.697. The Hall–Kier alpha value is -0.730. The predicted molar refractivity (Wildman–Crippen MR) is 49.5 cm³/mol. The summed E-state index contributed by atoms with van der Waals surface area (Å²) in [5.74, 6) is -2.58. The highest BCUT2D eigenvalue weighted by atomic mass is 19.3. The summed E-state index contributed by atoms with van der Waals surface area (Å²) in [7, 11) is 0. The van der Waals surface area contributed by atoms with Crippen LogP contribution in [0.25, 0.3) is 0 Å². The van der Waals surface area contributed by atoms with Crippen LogP contribution in [-0.4, -0.2) is 43.7 Å². The van der Waals surface area contributed by atoms with Gasteiger partial charge in [0.1, 0.15) is 5.41 Å². The summed E-state index contributed by atoms with van der Waals surface area (Å²) in [6.07, 6.45) is 0.481. The average Bonchev–Trinajstić information content (AvgIpc) is 2.10. The summed E-state index contributed by atoms with van der Waals surface area (Å²) in [6.45, 7) is 1.63. The van der Waals surface area contributed by atoms with E-state index in [1.807, 2.05) is 0 Å². The van der Waals surface area contributed by atoms with Crippen LogP contribution < -0.4 is 0 Å². The zero-order valence-corrected chi connectivity index (χ0v) is 8.51. The van der Waals surface area contributed by atoms with Gasteiger partial charge in [0.2, 0.25) is 0 Å². The molecule has 0 aromatic heterocycles. The maximum absolute atomic E-state index is 13.1. The summed E-state index contributed by atoms with van der Waals surface area (Å²) in [5, 5.41) is 8.95. The standard InChI is InChI=1S/C10H14F2N2O/c11-10(12)2-1-3-14(6-10)5-9(4-13)7-15-8-9/h1-3,5-8H2. The molecule has 0 radical (unpaired) electrons. The predicted octanol–water partition coefficient (Wildman–Crippen LogP) is 1.26. The Balaban J connectivity index is 1.92. The van der Waals surface area contributed by atoms with Gasteiger partial charge in [0.15, 0.2) is 0 Å². The number of hydrogen-bond donors (Lipinski definition) is 0. The lowest BCUT2D eigenvalue weighted by Crippen LogP contribution is -2.53. The molecule has 0 unspecified atom stereocenters. The first-order chi connectivity index (χ1) is 7.05. The van der Waals surface area contributed by atoms with Gasteiger partial charge in [-0.3, -0.25) is 4.90 Å². The normalized spacial score (nSPS) is 29.1. The maximum atomic E-state index is 13.1. The van der Waals surface area contributed by atoms with Crippen molar-refractivity contribution in [1.82, 2.24) is 4.90 Å². The molecule has 15 heavy (non-hydrogen) atoms. The number of nitriles is 1. The van der Waals surface area contributed by atoms with Crippen LogP contribution in [0.4, 0.5) is 8.78 Å². The van der Waals surface area contributed by atoms with E-state index in [9.17, 15) is 8.78 Å². The topological polar surface area (TPSA) is 36.3 Å². The molecule has 2 fully saturated rings. The fourth-order valence-electron chi connectivity index (χ4n) is 2.15. The average molecular weight is 216 g/mol. The molecular weight excluding hydrogens is 202 g/mol. The summed E-state index contributed by atoms with van der Waals surface area (Å²) < 4.78 is 31.2. The van der Waals surface area contributed by atoms with Crippen molar-refractivity contribution in [1.29, 1.82) is 5.26 Å². The largest absolute Gasteiger partial charge is 0.378 e. The fraction of sp³-hybridized carbons (Fsp3) is 0.900. The van der Waals surface area contributed by atoms with Crippen molar-refractivity contribution in [3.8, 4) is 6.07 Å². The first-order valence-electron chi connectivity index (χ1n) is 5.15. The van der Waals surface area contributed by atoms with Gasteiger partial charge in [-0.2, -0.15) is 5.26 Å². The number of piperidine rings is 1. The van der Waals surface area contributed by atoms with Crippen LogP contribution in [0.5, 0.6) is 0 Å². The molecule has 0 bridgehead atoms. The van der Waals surface area contributed by atoms with Crippen molar-refractivity contribution in [3.05, 3.63) is 0 Å². The summed E-state index contributed by atoms with van der Waals surface area (Å²) in [5.41, 5.74) is -0.534. The zero-order valence-electron chi connectivity index (χ0n) is 8.51. The van der Waals surface area contributed by atoms with Crippen LogP contribution in [0.2, 0.25) is 0 Å². The molecule has 0 amide bonds. The van der Waals surface area contributed by atoms with Crippen molar-refractivity contribution >= 4 is 0 Å². The second kappa shape index (κ2) is 3.69. The van der Waals surface area contributed by atoms with E-state index in [4.69, 9.17) is 10.00 Å². The van der Waals surface area contributed by atoms with Gasteiger partial charge in [0, 0.05) is 13.0 Å². The van der Waals surface area contributed by atoms with Gasteiger partial charge in [0.25, 0.3) is 5.92 Å². The molecule has 84 valence electrons. The van der Waals surface area contributed by atoms with Crippen molar-refractivity contribution < 1.29 is 13.5 Å². The lowest BCUT2D eigenvalue weighted by Gasteiger charge is -2.41. The van der Waals surface area contributed by atoms with Crippen molar-refractivity contribution in [2.24, 2.45) is 5.41 Å². The third kappa shape index (κ3) is 2.27. The molecule has 0 aromatic carbocycles. The lowest BCUT2D eigenvalue weighted by atomic mass is 9.86. The Morgan fingerprint density at radius 2 is 2.13 bits per heavy atom. The van der Waals surface area contributed by atoms with Crippen LogP contribution in [0.3, 0.4) is 0 Å². The van der Waals surface area contributed by atoms with E-state index in [0.29, 0.717) is 32.7 Å². The third-order valence-corrected chi connectivity index (χ3v) is 2.99. The highest BCUT2D eigenvalue weighted by molar-refractivity contribution is 5.06. The van der Waals surface area contributed by atoms with Crippen LogP contribution in [0, 0.1) is 16.7 Å². The Bertz CT molecular complexity index is 284. The van der Waals surface area contributed by atoms with Crippen molar-refractivity contribution in [2.75, 3.05) is 32.8 Å². The van der Waals surface area contributed by atoms with Gasteiger partial charge < -0.3 is 4.74 Å². The van der Waals surface area contributed by atoms with E-state index in [0.717, 1.165) is 0 Å². The fourth-order valence-corrected chi connectivity index (χ4v) is 2.15. The van der Waals surface area contributed by atoms with Gasteiger partial charge in [-0.05, 0) is 13.0 Å². The van der Waals surface area contributed by atoms with Crippen LogP contribution in [-0.2, 0) is 4.74 Å². The molecule has 2 rings (SSSR count). The third-order valence-electron chi connectivity index (χ3n) is 2.99. The molecular formula is C10H14F2N2O. The molecule has 2 heterocycles. The molecule has 0 N–H and O–H groups in total. The molecule has 0 saturated carbocycles. The Kier molecular flexibility index (Phi) is 2.65. The lowest BCUT2D eigenvalue weighted by molar-refractivity contribution is -0.117. The van der Waals surface area contributed by atoms with E-state index in [1.54, 1.807) is 4.90 Å². The molecule has 0 spiro atoms. The van der Waals surface area contributed by atoms with Gasteiger partial charge in [-0.1, -0.05) is 0 Å². The number of rotatable bonds is 2. The van der Waals surface area contributed by atoms with Crippen molar-refractivity contribution in [2.45, 2.75) is 18.8 Å². The monoisotopic (exact) mass is 216 g/mol. The first-order valence-corrected chi connectivity index (χ1v) is 5.15. The van der Waals surface area contributed by atoms with E-state index in [-0.39, 0.29) is 13.0 Å². The molecule has 0 aliphatic carbocycles. The highest BCUT2D eigenvalue weighted by Crippen LogP contribution is 2.32. The Labute approximate surface area is 87.6 Å². The molecule has 2 aliphatic heterocycles. The second-order valence-corrected chi connectivity index (χ2v) is 4.56. The highest BCUT2D eigenvalue weighted by Gasteiger charge is 2.43. The molecule has 2 saturated heterocycles. The van der Waals surface area contributed by atoms with Gasteiger partial charge >= 0.3 is 0 Å². The summed E-state index contributed by atoms with van der Waals surface area (Å²) >= 11 is 0. The number of ether oxygens (including phenoxy) is 1. The number of alkyl halides is 2. The summed E-state index contributed by atoms with van der Waals surface area (Å²) in [6, 6.07) is 2.18. The second-order valence-electron chi connectivity index (χ2n) is 4.56. The van der Waals surface area contributed by atoms with Crippen molar-refractivity contribution in [3.63, 3.8) is 0 Å². The SMILES string of the molecule is N#CC1(CN2CCCC(F)(F)C2)COC1. The van der Waals surface area contributed by atoms with Crippen LogP contribution in [0.1, 0.15) is 12.8 Å². The minimum absolute atomic E-state index is 0.0282. The van der Waals surface area contributed by atoms with E-state index >= 15 is 0 Å². The van der Waals surface area contributed by atoms with Gasteiger partial charge in [0.05, 0.1) is 25.8 Å². The number of nitrogens with zero attached hydrogens (tertiary/aromatic N) is 2. The minimum Gasteiger partial charge on any atom is -0.378 e. The summed E-state index contributed by atoms with van der Waals surface area (Å²) in [4.78, 5) is 1.69. The minimum atomic E-state index is -2.58. The molecule has 2 aliphatic rings. The molecule has 3 nitrogen and oxygen atoms in total. The zero-order chi connectivity index (χ0) is 10.9. The molecule has 0 atom stereocenters. The Morgan fingerprint density at radius 3 is 2.60 bits per heavy atom. The maximum Gasteiger partial charge on any atom is 0.260 e. The first kappa shape index (κ1) is 10.8. The van der Waals surface area contributed by atoms with Crippen LogP contribution in [0.15, 0.2) is 0 Å². The number of hydrogen-bond acceptors (Lipinski definition) is 3.